The normalized spacial score (nSPS) is 23.7. The Kier molecular flexibility index (Phi) is 3.57. The summed E-state index contributed by atoms with van der Waals surface area (Å²) >= 11 is 0. The molecule has 0 saturated heterocycles. The predicted molar refractivity (Wildman–Crippen MR) is 76.9 cm³/mol. The van der Waals surface area contributed by atoms with Crippen molar-refractivity contribution in [3.05, 3.63) is 23.3 Å². The lowest BCUT2D eigenvalue weighted by Gasteiger charge is -2.26. The summed E-state index contributed by atoms with van der Waals surface area (Å²) in [4.78, 5) is 9.52. The van der Waals surface area contributed by atoms with Crippen molar-refractivity contribution in [2.75, 3.05) is 0 Å². The molecule has 1 aromatic rings. The molecule has 3 rings (SSSR count). The van der Waals surface area contributed by atoms with Gasteiger partial charge in [-0.25, -0.2) is 9.97 Å². The summed E-state index contributed by atoms with van der Waals surface area (Å²) in [5.41, 5.74) is 8.60. The maximum absolute atomic E-state index is 6.52. The van der Waals surface area contributed by atoms with E-state index in [9.17, 15) is 0 Å². The van der Waals surface area contributed by atoms with Gasteiger partial charge < -0.3 is 5.73 Å². The Bertz CT molecular complexity index is 443. The van der Waals surface area contributed by atoms with Crippen molar-refractivity contribution >= 4 is 0 Å². The SMILES string of the molecule is Cc1cc(C2CCCCC2)nc(C2(N)CCCC2)n1. The van der Waals surface area contributed by atoms with Gasteiger partial charge in [0, 0.05) is 17.3 Å². The molecule has 0 spiro atoms. The highest BCUT2D eigenvalue weighted by atomic mass is 15.0. The van der Waals surface area contributed by atoms with Crippen LogP contribution in [0.15, 0.2) is 6.07 Å². The van der Waals surface area contributed by atoms with Crippen molar-refractivity contribution in [3.8, 4) is 0 Å². The van der Waals surface area contributed by atoms with Gasteiger partial charge in [0.15, 0.2) is 0 Å². The van der Waals surface area contributed by atoms with Crippen LogP contribution in [0.25, 0.3) is 0 Å². The zero-order valence-electron chi connectivity index (χ0n) is 12.0. The van der Waals surface area contributed by atoms with Crippen LogP contribution in [0.1, 0.15) is 80.9 Å². The van der Waals surface area contributed by atoms with Crippen LogP contribution >= 0.6 is 0 Å². The molecule has 1 heterocycles. The van der Waals surface area contributed by atoms with Crippen LogP contribution in [0.4, 0.5) is 0 Å². The van der Waals surface area contributed by atoms with Crippen LogP contribution in [0.3, 0.4) is 0 Å². The van der Waals surface area contributed by atoms with Crippen molar-refractivity contribution in [2.45, 2.75) is 76.2 Å². The Balaban J connectivity index is 1.91. The number of hydrogen-bond acceptors (Lipinski definition) is 3. The average molecular weight is 259 g/mol. The fraction of sp³-hybridized carbons (Fsp3) is 0.750. The molecule has 0 aromatic carbocycles. The molecule has 0 aliphatic heterocycles. The van der Waals surface area contributed by atoms with Gasteiger partial charge in [0.1, 0.15) is 5.82 Å². The molecule has 3 heteroatoms. The standard InChI is InChI=1S/C16H25N3/c1-12-11-14(13-7-3-2-4-8-13)19-15(18-12)16(17)9-5-6-10-16/h11,13H,2-10,17H2,1H3. The molecule has 0 unspecified atom stereocenters. The Hall–Kier alpha value is -0.960. The predicted octanol–water partition coefficient (Wildman–Crippen LogP) is 3.56. The third kappa shape index (κ3) is 2.66. The molecule has 2 saturated carbocycles. The molecule has 0 bridgehead atoms. The Morgan fingerprint density at radius 3 is 2.42 bits per heavy atom. The zero-order chi connectivity index (χ0) is 13.3. The van der Waals surface area contributed by atoms with Gasteiger partial charge in [-0.3, -0.25) is 0 Å². The number of rotatable bonds is 2. The molecule has 0 atom stereocenters. The summed E-state index contributed by atoms with van der Waals surface area (Å²) < 4.78 is 0. The summed E-state index contributed by atoms with van der Waals surface area (Å²) in [7, 11) is 0. The second-order valence-electron chi connectivity index (χ2n) is 6.46. The molecule has 2 N–H and O–H groups in total. The summed E-state index contributed by atoms with van der Waals surface area (Å²) in [6.07, 6.45) is 11.2. The van der Waals surface area contributed by atoms with Gasteiger partial charge in [0.05, 0.1) is 5.54 Å². The van der Waals surface area contributed by atoms with E-state index in [-0.39, 0.29) is 5.54 Å². The lowest BCUT2D eigenvalue weighted by Crippen LogP contribution is -2.36. The number of aryl methyl sites for hydroxylation is 1. The van der Waals surface area contributed by atoms with Gasteiger partial charge in [-0.05, 0) is 38.7 Å². The first-order valence-corrected chi connectivity index (χ1v) is 7.82. The van der Waals surface area contributed by atoms with E-state index in [2.05, 4.69) is 18.0 Å². The van der Waals surface area contributed by atoms with Crippen LogP contribution in [-0.4, -0.2) is 9.97 Å². The molecule has 2 fully saturated rings. The number of nitrogens with zero attached hydrogens (tertiary/aromatic N) is 2. The fourth-order valence-corrected chi connectivity index (χ4v) is 3.65. The van der Waals surface area contributed by atoms with Gasteiger partial charge >= 0.3 is 0 Å². The van der Waals surface area contributed by atoms with E-state index in [1.807, 2.05) is 0 Å². The van der Waals surface area contributed by atoms with Crippen LogP contribution in [0.2, 0.25) is 0 Å². The van der Waals surface area contributed by atoms with Gasteiger partial charge in [0.25, 0.3) is 0 Å². The van der Waals surface area contributed by atoms with Crippen LogP contribution in [0, 0.1) is 6.92 Å². The molecule has 2 aliphatic carbocycles. The van der Waals surface area contributed by atoms with Crippen LogP contribution in [0.5, 0.6) is 0 Å². The number of aromatic nitrogens is 2. The summed E-state index contributed by atoms with van der Waals surface area (Å²) in [6, 6.07) is 2.18. The van der Waals surface area contributed by atoms with Crippen molar-refractivity contribution < 1.29 is 0 Å². The van der Waals surface area contributed by atoms with Crippen LogP contribution < -0.4 is 5.73 Å². The summed E-state index contributed by atoms with van der Waals surface area (Å²) in [5, 5.41) is 0. The Morgan fingerprint density at radius 1 is 1.05 bits per heavy atom. The molecular weight excluding hydrogens is 234 g/mol. The molecular formula is C16H25N3. The first-order valence-electron chi connectivity index (χ1n) is 7.82. The van der Waals surface area contributed by atoms with Gasteiger partial charge in [0.2, 0.25) is 0 Å². The Morgan fingerprint density at radius 2 is 1.74 bits per heavy atom. The minimum atomic E-state index is -0.255. The monoisotopic (exact) mass is 259 g/mol. The molecule has 104 valence electrons. The van der Waals surface area contributed by atoms with E-state index >= 15 is 0 Å². The maximum Gasteiger partial charge on any atom is 0.148 e. The minimum absolute atomic E-state index is 0.255. The van der Waals surface area contributed by atoms with Gasteiger partial charge in [-0.2, -0.15) is 0 Å². The topological polar surface area (TPSA) is 51.8 Å². The number of nitrogens with two attached hydrogens (primary N) is 1. The molecule has 2 aliphatic rings. The lowest BCUT2D eigenvalue weighted by atomic mass is 9.86. The highest BCUT2D eigenvalue weighted by Gasteiger charge is 2.34. The third-order valence-corrected chi connectivity index (χ3v) is 4.84. The van der Waals surface area contributed by atoms with E-state index in [1.165, 1.54) is 50.6 Å². The van der Waals surface area contributed by atoms with E-state index in [0.29, 0.717) is 5.92 Å². The largest absolute Gasteiger partial charge is 0.319 e. The van der Waals surface area contributed by atoms with Crippen molar-refractivity contribution in [1.82, 2.24) is 9.97 Å². The molecule has 19 heavy (non-hydrogen) atoms. The van der Waals surface area contributed by atoms with Crippen molar-refractivity contribution in [3.63, 3.8) is 0 Å². The highest BCUT2D eigenvalue weighted by molar-refractivity contribution is 5.19. The minimum Gasteiger partial charge on any atom is -0.319 e. The smallest absolute Gasteiger partial charge is 0.148 e. The van der Waals surface area contributed by atoms with Gasteiger partial charge in [-0.15, -0.1) is 0 Å². The fourth-order valence-electron chi connectivity index (χ4n) is 3.65. The van der Waals surface area contributed by atoms with E-state index in [1.54, 1.807) is 0 Å². The Labute approximate surface area is 116 Å². The molecule has 0 radical (unpaired) electrons. The van der Waals surface area contributed by atoms with E-state index in [0.717, 1.165) is 24.4 Å². The third-order valence-electron chi connectivity index (χ3n) is 4.84. The van der Waals surface area contributed by atoms with E-state index in [4.69, 9.17) is 10.7 Å². The highest BCUT2D eigenvalue weighted by Crippen LogP contribution is 2.36. The summed E-state index contributed by atoms with van der Waals surface area (Å²) in [6.45, 7) is 2.08. The second-order valence-corrected chi connectivity index (χ2v) is 6.46. The first kappa shape index (κ1) is 13.0. The molecule has 0 amide bonds. The first-order chi connectivity index (χ1) is 9.17. The summed E-state index contributed by atoms with van der Waals surface area (Å²) in [5.74, 6) is 1.55. The van der Waals surface area contributed by atoms with Crippen molar-refractivity contribution in [2.24, 2.45) is 5.73 Å². The number of hydrogen-bond donors (Lipinski definition) is 1. The molecule has 1 aromatic heterocycles. The van der Waals surface area contributed by atoms with Gasteiger partial charge in [-0.1, -0.05) is 32.1 Å². The zero-order valence-corrected chi connectivity index (χ0v) is 12.0. The average Bonchev–Trinajstić information content (AvgIpc) is 2.87. The molecule has 3 nitrogen and oxygen atoms in total. The van der Waals surface area contributed by atoms with E-state index < -0.39 is 0 Å². The second kappa shape index (κ2) is 5.20. The van der Waals surface area contributed by atoms with Crippen molar-refractivity contribution in [1.29, 1.82) is 0 Å². The lowest BCUT2D eigenvalue weighted by molar-refractivity contribution is 0.409. The quantitative estimate of drug-likeness (QED) is 0.883. The van der Waals surface area contributed by atoms with Crippen LogP contribution in [-0.2, 0) is 5.54 Å². The maximum atomic E-state index is 6.52.